The van der Waals surface area contributed by atoms with Crippen molar-refractivity contribution < 1.29 is 28.2 Å². The molecule has 74 valence electrons. The average Bonchev–Trinajstić information content (AvgIpc) is 2.57. The van der Waals surface area contributed by atoms with Gasteiger partial charge in [0.2, 0.25) is 11.5 Å². The Morgan fingerprint density at radius 1 is 1.07 bits per heavy atom. The van der Waals surface area contributed by atoms with E-state index in [0.717, 1.165) is 0 Å². The minimum Gasteiger partial charge on any atom is -0.475 e. The standard InChI is InChI=1S/C7H4O6S/c8-6(9)4-1-3-2-5(7(10)11)13-14(3)12-4/h1-2H,(H,8,9)(H,10,11). The highest BCUT2D eigenvalue weighted by Crippen LogP contribution is 2.37. The van der Waals surface area contributed by atoms with E-state index in [1.54, 1.807) is 0 Å². The summed E-state index contributed by atoms with van der Waals surface area (Å²) in [6.45, 7) is 0. The van der Waals surface area contributed by atoms with Crippen LogP contribution >= 0.6 is 11.0 Å². The van der Waals surface area contributed by atoms with E-state index < -0.39 is 23.0 Å². The number of carboxylic acid groups (broad SMARTS) is 2. The van der Waals surface area contributed by atoms with Gasteiger partial charge in [0.15, 0.2) is 11.0 Å². The summed E-state index contributed by atoms with van der Waals surface area (Å²) < 4.78 is 9.68. The van der Waals surface area contributed by atoms with Crippen LogP contribution in [0.15, 0.2) is 23.7 Å². The molecule has 0 amide bonds. The Morgan fingerprint density at radius 3 is 1.79 bits per heavy atom. The molecule has 2 rings (SSSR count). The number of hydrogen-bond donors (Lipinski definition) is 2. The minimum absolute atomic E-state index is 0.232. The molecule has 0 radical (unpaired) electrons. The zero-order valence-electron chi connectivity index (χ0n) is 6.59. The Hall–Kier alpha value is -1.76. The van der Waals surface area contributed by atoms with Crippen LogP contribution in [0, 0.1) is 0 Å². The van der Waals surface area contributed by atoms with Gasteiger partial charge in [-0.05, 0) is 0 Å². The molecule has 0 atom stereocenters. The molecule has 0 bridgehead atoms. The summed E-state index contributed by atoms with van der Waals surface area (Å²) in [6, 6.07) is 0. The monoisotopic (exact) mass is 216 g/mol. The molecule has 2 heterocycles. The normalized spacial score (nSPS) is 19.3. The first-order valence-corrected chi connectivity index (χ1v) is 4.53. The molecule has 0 aliphatic carbocycles. The van der Waals surface area contributed by atoms with Crippen molar-refractivity contribution >= 4 is 27.8 Å². The van der Waals surface area contributed by atoms with Crippen LogP contribution in [0.4, 0.5) is 0 Å². The van der Waals surface area contributed by atoms with Gasteiger partial charge in [-0.3, -0.25) is 0 Å². The summed E-state index contributed by atoms with van der Waals surface area (Å²) >= 11 is -1.20. The van der Waals surface area contributed by atoms with Crippen molar-refractivity contribution in [1.29, 1.82) is 0 Å². The number of hydrogen-bond acceptors (Lipinski definition) is 4. The van der Waals surface area contributed by atoms with Gasteiger partial charge in [0.25, 0.3) is 0 Å². The first-order valence-electron chi connectivity index (χ1n) is 3.46. The lowest BCUT2D eigenvalue weighted by atomic mass is 10.3. The van der Waals surface area contributed by atoms with Gasteiger partial charge in [0, 0.05) is 12.2 Å². The third kappa shape index (κ3) is 1.27. The van der Waals surface area contributed by atoms with E-state index in [4.69, 9.17) is 18.6 Å². The van der Waals surface area contributed by atoms with Crippen LogP contribution in [0.2, 0.25) is 0 Å². The van der Waals surface area contributed by atoms with Crippen molar-refractivity contribution in [2.24, 2.45) is 0 Å². The molecule has 0 spiro atoms. The van der Waals surface area contributed by atoms with E-state index in [2.05, 4.69) is 0 Å². The average molecular weight is 216 g/mol. The van der Waals surface area contributed by atoms with Crippen molar-refractivity contribution in [2.75, 3.05) is 0 Å². The summed E-state index contributed by atoms with van der Waals surface area (Å²) in [5.74, 6) is -2.87. The summed E-state index contributed by atoms with van der Waals surface area (Å²) in [5.41, 5.74) is 0. The number of rotatable bonds is 2. The lowest BCUT2D eigenvalue weighted by Crippen LogP contribution is -2.03. The molecule has 7 heteroatoms. The lowest BCUT2D eigenvalue weighted by Gasteiger charge is -2.04. The zero-order chi connectivity index (χ0) is 10.3. The van der Waals surface area contributed by atoms with Gasteiger partial charge in [0.1, 0.15) is 0 Å². The summed E-state index contributed by atoms with van der Waals surface area (Å²) in [7, 11) is 0. The molecule has 6 nitrogen and oxygen atoms in total. The van der Waals surface area contributed by atoms with Gasteiger partial charge in [-0.15, -0.1) is 0 Å². The molecule has 0 aromatic heterocycles. The van der Waals surface area contributed by atoms with E-state index in [0.29, 0.717) is 4.86 Å². The maximum absolute atomic E-state index is 10.5. The van der Waals surface area contributed by atoms with Crippen LogP contribution in [-0.2, 0) is 18.0 Å². The molecule has 0 saturated heterocycles. The largest absolute Gasteiger partial charge is 0.475 e. The smallest absolute Gasteiger partial charge is 0.372 e. The molecule has 0 aromatic rings. The number of carboxylic acids is 2. The second kappa shape index (κ2) is 2.88. The second-order valence-electron chi connectivity index (χ2n) is 2.43. The fourth-order valence-electron chi connectivity index (χ4n) is 0.915. The van der Waals surface area contributed by atoms with Crippen LogP contribution in [0.3, 0.4) is 0 Å². The van der Waals surface area contributed by atoms with Crippen LogP contribution < -0.4 is 0 Å². The number of allylic oxidation sites excluding steroid dienone is 2. The molecule has 0 saturated carbocycles. The maximum Gasteiger partial charge on any atom is 0.372 e. The minimum atomic E-state index is -1.20. The molecule has 2 aliphatic heterocycles. The SMILES string of the molecule is O=C(O)C1=CC2=S(O1)OC(C(=O)O)=C2. The molecule has 2 N–H and O–H groups in total. The van der Waals surface area contributed by atoms with Crippen molar-refractivity contribution in [3.63, 3.8) is 0 Å². The van der Waals surface area contributed by atoms with E-state index in [1.807, 2.05) is 0 Å². The van der Waals surface area contributed by atoms with Crippen LogP contribution in [-0.4, -0.2) is 27.0 Å². The summed E-state index contributed by atoms with van der Waals surface area (Å²) in [6.07, 6.45) is 2.50. The van der Waals surface area contributed by atoms with Gasteiger partial charge in [-0.1, -0.05) is 0 Å². The lowest BCUT2D eigenvalue weighted by molar-refractivity contribution is -0.135. The highest BCUT2D eigenvalue weighted by atomic mass is 32.2. The molecule has 0 fully saturated rings. The first-order chi connectivity index (χ1) is 6.58. The van der Waals surface area contributed by atoms with Gasteiger partial charge in [0.05, 0.1) is 4.86 Å². The fraction of sp³-hybridized carbons (Fsp3) is 0. The van der Waals surface area contributed by atoms with Crippen molar-refractivity contribution in [1.82, 2.24) is 0 Å². The third-order valence-corrected chi connectivity index (χ3v) is 2.77. The fourth-order valence-corrected chi connectivity index (χ4v) is 2.11. The van der Waals surface area contributed by atoms with E-state index >= 15 is 0 Å². The Kier molecular flexibility index (Phi) is 1.81. The van der Waals surface area contributed by atoms with E-state index in [1.165, 1.54) is 12.2 Å². The van der Waals surface area contributed by atoms with Gasteiger partial charge in [-0.2, -0.15) is 0 Å². The maximum atomic E-state index is 10.5. The predicted molar refractivity (Wildman–Crippen MR) is 46.2 cm³/mol. The van der Waals surface area contributed by atoms with Gasteiger partial charge >= 0.3 is 11.9 Å². The quantitative estimate of drug-likeness (QED) is 0.643. The molecular weight excluding hydrogens is 212 g/mol. The first kappa shape index (κ1) is 8.82. The Balaban J connectivity index is 2.22. The van der Waals surface area contributed by atoms with Crippen molar-refractivity contribution in [3.05, 3.63) is 23.7 Å². The van der Waals surface area contributed by atoms with Crippen LogP contribution in [0.25, 0.3) is 0 Å². The van der Waals surface area contributed by atoms with Gasteiger partial charge < -0.3 is 18.6 Å². The predicted octanol–water partition coefficient (Wildman–Crippen LogP) is 0.255. The van der Waals surface area contributed by atoms with Crippen molar-refractivity contribution in [2.45, 2.75) is 0 Å². The molecular formula is C7H4O6S. The Labute approximate surface area is 80.4 Å². The molecule has 14 heavy (non-hydrogen) atoms. The van der Waals surface area contributed by atoms with Crippen LogP contribution in [0.5, 0.6) is 0 Å². The second-order valence-corrected chi connectivity index (χ2v) is 3.71. The van der Waals surface area contributed by atoms with E-state index in [-0.39, 0.29) is 11.5 Å². The topological polar surface area (TPSA) is 93.1 Å². The Morgan fingerprint density at radius 2 is 1.50 bits per heavy atom. The summed E-state index contributed by atoms with van der Waals surface area (Å²) in [5, 5.41) is 17.1. The Bertz CT molecular complexity index is 391. The van der Waals surface area contributed by atoms with Crippen LogP contribution in [0.1, 0.15) is 0 Å². The van der Waals surface area contributed by atoms with E-state index in [9.17, 15) is 9.59 Å². The highest BCUT2D eigenvalue weighted by Gasteiger charge is 2.30. The highest BCUT2D eigenvalue weighted by molar-refractivity contribution is 8.08. The number of carbonyl (C=O) groups is 2. The number of aliphatic carboxylic acids is 2. The third-order valence-electron chi connectivity index (χ3n) is 1.49. The van der Waals surface area contributed by atoms with Gasteiger partial charge in [-0.25, -0.2) is 9.59 Å². The summed E-state index contributed by atoms with van der Waals surface area (Å²) in [4.78, 5) is 21.3. The molecule has 0 unspecified atom stereocenters. The van der Waals surface area contributed by atoms with Crippen molar-refractivity contribution in [3.8, 4) is 0 Å². The molecule has 0 aromatic carbocycles. The molecule has 2 aliphatic rings. The zero-order valence-corrected chi connectivity index (χ0v) is 7.41.